The highest BCUT2D eigenvalue weighted by atomic mass is 19.2. The molecule has 4 nitrogen and oxygen atoms in total. The predicted octanol–water partition coefficient (Wildman–Crippen LogP) is 6.58. The molecule has 0 spiro atoms. The smallest absolute Gasteiger partial charge is 0.193 e. The minimum absolute atomic E-state index is 0.0881. The van der Waals surface area contributed by atoms with Crippen LogP contribution in [0.15, 0.2) is 48.0 Å². The van der Waals surface area contributed by atoms with Crippen LogP contribution in [0, 0.1) is 17.0 Å². The fourth-order valence-corrected chi connectivity index (χ4v) is 6.90. The van der Waals surface area contributed by atoms with Gasteiger partial charge in [-0.05, 0) is 113 Å². The molecule has 4 atom stereocenters. The van der Waals surface area contributed by atoms with E-state index in [-0.39, 0.29) is 17.3 Å². The summed E-state index contributed by atoms with van der Waals surface area (Å²) >= 11 is 0. The summed E-state index contributed by atoms with van der Waals surface area (Å²) in [4.78, 5) is 16.1. The summed E-state index contributed by atoms with van der Waals surface area (Å²) in [6.45, 7) is 7.82. The van der Waals surface area contributed by atoms with Crippen molar-refractivity contribution < 1.29 is 23.8 Å². The molecule has 0 unspecified atom stereocenters. The number of rotatable bonds is 6. The highest BCUT2D eigenvalue weighted by Gasteiger charge is 2.57. The number of nitrogens with zero attached hydrogens (tertiary/aromatic N) is 1. The van der Waals surface area contributed by atoms with Crippen LogP contribution in [0.2, 0.25) is 0 Å². The fraction of sp³-hybridized carbons (Fsp3) is 0.545. The molecule has 0 radical (unpaired) electrons. The fourth-order valence-electron chi connectivity index (χ4n) is 6.90. The van der Waals surface area contributed by atoms with Crippen LogP contribution < -0.4 is 0 Å². The van der Waals surface area contributed by atoms with Crippen LogP contribution in [0.25, 0.3) is 0 Å². The Kier molecular flexibility index (Phi) is 9.09. The van der Waals surface area contributed by atoms with Gasteiger partial charge in [0.05, 0.1) is 11.7 Å². The second-order valence-electron chi connectivity index (χ2n) is 12.1. The van der Waals surface area contributed by atoms with Gasteiger partial charge in [0.25, 0.3) is 0 Å². The summed E-state index contributed by atoms with van der Waals surface area (Å²) in [6, 6.07) is 9.01. The summed E-state index contributed by atoms with van der Waals surface area (Å²) in [5.74, 6) is -2.52. The Balaban J connectivity index is 1.85. The average Bonchev–Trinajstić information content (AvgIpc) is 3.13. The second-order valence-corrected chi connectivity index (χ2v) is 12.1. The van der Waals surface area contributed by atoms with Crippen molar-refractivity contribution in [2.75, 3.05) is 20.1 Å². The average molecular weight is 540 g/mol. The van der Waals surface area contributed by atoms with Crippen molar-refractivity contribution in [1.29, 1.82) is 0 Å². The first-order valence-corrected chi connectivity index (χ1v) is 14.3. The van der Waals surface area contributed by atoms with E-state index in [9.17, 15) is 23.8 Å². The molecule has 2 bridgehead atoms. The SMILES string of the molecule is CCCN(C)C[C@]1(O)CC[C@H]2c3ccc(cc3C(=O)c3ccc(F)c(F)c3)C[C@@H](O)CCC(C)=CCC[C@@]21C. The molecule has 0 heterocycles. The lowest BCUT2D eigenvalue weighted by Crippen LogP contribution is -2.51. The van der Waals surface area contributed by atoms with Gasteiger partial charge in [0.15, 0.2) is 17.4 Å². The highest BCUT2D eigenvalue weighted by molar-refractivity contribution is 6.10. The van der Waals surface area contributed by atoms with Crippen molar-refractivity contribution in [3.63, 3.8) is 0 Å². The molecule has 39 heavy (non-hydrogen) atoms. The van der Waals surface area contributed by atoms with Gasteiger partial charge in [0.1, 0.15) is 0 Å². The van der Waals surface area contributed by atoms with Crippen LogP contribution in [-0.2, 0) is 6.42 Å². The number of likely N-dealkylation sites (N-methyl/N-ethyl adjacent to an activating group) is 1. The second kappa shape index (κ2) is 12.0. The van der Waals surface area contributed by atoms with Gasteiger partial charge in [0.2, 0.25) is 0 Å². The van der Waals surface area contributed by atoms with E-state index in [1.54, 1.807) is 0 Å². The van der Waals surface area contributed by atoms with E-state index >= 15 is 0 Å². The first-order chi connectivity index (χ1) is 18.5. The van der Waals surface area contributed by atoms with Crippen molar-refractivity contribution in [3.8, 4) is 0 Å². The Morgan fingerprint density at radius 3 is 2.59 bits per heavy atom. The Bertz CT molecular complexity index is 1230. The van der Waals surface area contributed by atoms with Crippen molar-refractivity contribution in [1.82, 2.24) is 4.90 Å². The number of fused-ring (bicyclic) bond motifs is 8. The van der Waals surface area contributed by atoms with Gasteiger partial charge < -0.3 is 15.1 Å². The van der Waals surface area contributed by atoms with E-state index in [0.717, 1.165) is 61.9 Å². The molecular formula is C33H43F2NO3. The van der Waals surface area contributed by atoms with Crippen LogP contribution in [-0.4, -0.2) is 52.7 Å². The van der Waals surface area contributed by atoms with E-state index < -0.39 is 28.8 Å². The molecule has 1 fully saturated rings. The quantitative estimate of drug-likeness (QED) is 0.322. The molecule has 0 aromatic heterocycles. The predicted molar refractivity (Wildman–Crippen MR) is 151 cm³/mol. The molecule has 2 aromatic carbocycles. The van der Waals surface area contributed by atoms with Gasteiger partial charge in [-0.2, -0.15) is 0 Å². The van der Waals surface area contributed by atoms with Gasteiger partial charge in [-0.1, -0.05) is 37.6 Å². The maximum atomic E-state index is 14.1. The van der Waals surface area contributed by atoms with Crippen LogP contribution >= 0.6 is 0 Å². The largest absolute Gasteiger partial charge is 0.393 e. The number of benzene rings is 2. The number of aliphatic hydroxyl groups excluding tert-OH is 1. The summed E-state index contributed by atoms with van der Waals surface area (Å²) in [7, 11) is 2.05. The molecule has 0 aliphatic heterocycles. The Labute approximate surface area is 231 Å². The molecule has 6 heteroatoms. The van der Waals surface area contributed by atoms with Gasteiger partial charge in [-0.25, -0.2) is 8.78 Å². The van der Waals surface area contributed by atoms with Crippen LogP contribution in [0.3, 0.4) is 0 Å². The zero-order chi connectivity index (χ0) is 28.4. The maximum Gasteiger partial charge on any atom is 0.193 e. The molecule has 3 aliphatic rings. The molecule has 212 valence electrons. The third-order valence-electron chi connectivity index (χ3n) is 9.23. The Hall–Kier alpha value is -2.41. The van der Waals surface area contributed by atoms with E-state index in [0.29, 0.717) is 31.4 Å². The first-order valence-electron chi connectivity index (χ1n) is 14.3. The minimum Gasteiger partial charge on any atom is -0.393 e. The number of aliphatic hydroxyl groups is 2. The Morgan fingerprint density at radius 2 is 1.87 bits per heavy atom. The van der Waals surface area contributed by atoms with Crippen LogP contribution in [0.1, 0.15) is 98.7 Å². The van der Waals surface area contributed by atoms with E-state index in [4.69, 9.17) is 0 Å². The summed E-state index contributed by atoms with van der Waals surface area (Å²) in [5, 5.41) is 23.0. The molecule has 2 aromatic rings. The number of ketones is 1. The number of hydrogen-bond acceptors (Lipinski definition) is 4. The number of carbonyl (C=O) groups excluding carboxylic acids is 1. The molecule has 0 saturated heterocycles. The lowest BCUT2D eigenvalue weighted by molar-refractivity contribution is -0.0799. The number of allylic oxidation sites excluding steroid dienone is 2. The molecule has 1 saturated carbocycles. The molecular weight excluding hydrogens is 496 g/mol. The number of hydrogen-bond donors (Lipinski definition) is 2. The summed E-state index contributed by atoms with van der Waals surface area (Å²) < 4.78 is 27.8. The van der Waals surface area contributed by atoms with Gasteiger partial charge in [0, 0.05) is 23.1 Å². The third kappa shape index (κ3) is 6.18. The molecule has 5 rings (SSSR count). The third-order valence-corrected chi connectivity index (χ3v) is 9.23. The van der Waals surface area contributed by atoms with Gasteiger partial charge in [-0.3, -0.25) is 4.79 Å². The maximum absolute atomic E-state index is 14.1. The normalized spacial score (nSPS) is 27.8. The summed E-state index contributed by atoms with van der Waals surface area (Å²) in [5.41, 5.74) is 1.96. The van der Waals surface area contributed by atoms with E-state index in [1.165, 1.54) is 11.6 Å². The van der Waals surface area contributed by atoms with Crippen LogP contribution in [0.4, 0.5) is 8.78 Å². The van der Waals surface area contributed by atoms with Crippen LogP contribution in [0.5, 0.6) is 0 Å². The van der Waals surface area contributed by atoms with Crippen molar-refractivity contribution >= 4 is 5.78 Å². The molecule has 2 N–H and O–H groups in total. The molecule has 0 amide bonds. The van der Waals surface area contributed by atoms with Crippen molar-refractivity contribution in [3.05, 3.63) is 81.9 Å². The number of halogens is 2. The lowest BCUT2D eigenvalue weighted by Gasteiger charge is -2.45. The zero-order valence-electron chi connectivity index (χ0n) is 23.8. The van der Waals surface area contributed by atoms with E-state index in [1.807, 2.05) is 25.2 Å². The van der Waals surface area contributed by atoms with Crippen molar-refractivity contribution in [2.24, 2.45) is 5.41 Å². The minimum atomic E-state index is -1.06. The van der Waals surface area contributed by atoms with Crippen molar-refractivity contribution in [2.45, 2.75) is 89.8 Å². The Morgan fingerprint density at radius 1 is 1.10 bits per heavy atom. The lowest BCUT2D eigenvalue weighted by atomic mass is 9.64. The van der Waals surface area contributed by atoms with E-state index in [2.05, 4.69) is 31.7 Å². The first kappa shape index (κ1) is 29.6. The molecule has 3 aliphatic carbocycles. The van der Waals surface area contributed by atoms with Gasteiger partial charge >= 0.3 is 0 Å². The highest BCUT2D eigenvalue weighted by Crippen LogP contribution is 2.58. The standard InChI is InChI=1S/C33H43F2NO3/c1-5-17-36(4)21-33(39)16-14-28-26-12-9-23(18-25(37)11-8-22(2)7-6-15-32(28,33)3)19-27(26)31(38)24-10-13-29(34)30(35)20-24/h7,9-10,12-13,19-20,25,28,37,39H,5-6,8,11,14-18,21H2,1-4H3/t25-,28-,32-,33+/m0/s1. The summed E-state index contributed by atoms with van der Waals surface area (Å²) in [6.07, 6.45) is 7.34. The topological polar surface area (TPSA) is 60.8 Å². The van der Waals surface area contributed by atoms with Gasteiger partial charge in [-0.15, -0.1) is 0 Å². The monoisotopic (exact) mass is 539 g/mol. The number of carbonyl (C=O) groups is 1. The zero-order valence-corrected chi connectivity index (χ0v) is 23.8.